The molecule has 0 bridgehead atoms. The molecule has 0 radical (unpaired) electrons. The first-order chi connectivity index (χ1) is 36.8. The summed E-state index contributed by atoms with van der Waals surface area (Å²) in [5.41, 5.74) is 23.5. The van der Waals surface area contributed by atoms with Crippen molar-refractivity contribution in [2.24, 2.45) is 0 Å². The molecule has 4 heteroatoms. The summed E-state index contributed by atoms with van der Waals surface area (Å²) in [6, 6.07) is 70.6. The predicted molar refractivity (Wildman–Crippen MR) is 317 cm³/mol. The SMILES string of the molecule is C=C/C=C\C=C(/C)c1cc(-c2ccccc2)nc(N2c3ccc(-c4ccc5c(c4)c4cc(-c6ccc7c(c6)C6C(c8ccccc8C6(C)C)C7(C)C)ccc4n5-c4ccccc4)cc3C3C2c2ccccc2C3(C)C)n1. The topological polar surface area (TPSA) is 34.0 Å². The zero-order valence-corrected chi connectivity index (χ0v) is 44.5. The van der Waals surface area contributed by atoms with Crippen LogP contribution in [0.1, 0.15) is 117 Å². The lowest BCUT2D eigenvalue weighted by Crippen LogP contribution is -2.26. The van der Waals surface area contributed by atoms with Gasteiger partial charge in [-0.05, 0) is 145 Å². The molecule has 4 aliphatic rings. The normalized spacial score (nSPS) is 20.1. The third-order valence-electron chi connectivity index (χ3n) is 18.4. The second-order valence-electron chi connectivity index (χ2n) is 23.6. The lowest BCUT2D eigenvalue weighted by Gasteiger charge is -2.31. The molecule has 14 rings (SSSR count). The molecule has 0 saturated heterocycles. The Morgan fingerprint density at radius 1 is 0.474 bits per heavy atom. The van der Waals surface area contributed by atoms with Crippen LogP contribution >= 0.6 is 0 Å². The highest BCUT2D eigenvalue weighted by Crippen LogP contribution is 2.68. The molecule has 8 aromatic carbocycles. The highest BCUT2D eigenvalue weighted by atomic mass is 15.3. The molecular formula is C72H62N4. The fraction of sp³-hybridized carbons (Fsp3) is 0.194. The second kappa shape index (κ2) is 16.8. The molecule has 10 aromatic rings. The average molecular weight is 983 g/mol. The number of aromatic nitrogens is 3. The fourth-order valence-corrected chi connectivity index (χ4v) is 14.9. The van der Waals surface area contributed by atoms with E-state index in [0.717, 1.165) is 33.9 Å². The van der Waals surface area contributed by atoms with Gasteiger partial charge in [-0.3, -0.25) is 0 Å². The molecule has 1 aliphatic heterocycles. The molecule has 3 heterocycles. The number of benzene rings is 8. The third-order valence-corrected chi connectivity index (χ3v) is 18.4. The Morgan fingerprint density at radius 3 is 1.67 bits per heavy atom. The van der Waals surface area contributed by atoms with Gasteiger partial charge in [-0.2, -0.15) is 0 Å². The minimum absolute atomic E-state index is 0.0104. The Bertz CT molecular complexity index is 4090. The molecule has 4 atom stereocenters. The van der Waals surface area contributed by atoms with Crippen molar-refractivity contribution >= 4 is 39.0 Å². The molecule has 0 saturated carbocycles. The van der Waals surface area contributed by atoms with E-state index in [0.29, 0.717) is 17.8 Å². The van der Waals surface area contributed by atoms with Crippen molar-refractivity contribution in [3.8, 4) is 39.2 Å². The maximum Gasteiger partial charge on any atom is 0.231 e. The van der Waals surface area contributed by atoms with Crippen LogP contribution in [0.15, 0.2) is 219 Å². The Labute approximate surface area is 447 Å². The first-order valence-electron chi connectivity index (χ1n) is 27.2. The van der Waals surface area contributed by atoms with Crippen molar-refractivity contribution in [1.82, 2.24) is 14.5 Å². The third kappa shape index (κ3) is 6.68. The summed E-state index contributed by atoms with van der Waals surface area (Å²) in [6.07, 6.45) is 7.89. The van der Waals surface area contributed by atoms with Crippen LogP contribution in [0, 0.1) is 0 Å². The van der Waals surface area contributed by atoms with E-state index in [-0.39, 0.29) is 28.2 Å². The molecule has 2 aromatic heterocycles. The standard InChI is InChI=1S/C72H62N4/c1-9-10-13-22-44(2)60-43-61(45-23-14-11-15-24-45)74-69(73-60)76-64-38-34-49(42-56(64)67-68(76)52-28-19-21-30-58(52)72(67,7)8)48-33-37-63-54(40-48)53-39-47(32-36-62(53)75(63)50-25-16-12-17-26-50)46-31-35-59-55(41-46)66-65(71(59,5)6)51-27-18-20-29-57(51)70(66,3)4/h9-43,65-68H,1H2,2-8H3/b13-10-,44-22+. The van der Waals surface area contributed by atoms with Crippen molar-refractivity contribution in [2.75, 3.05) is 4.90 Å². The van der Waals surface area contributed by atoms with Crippen molar-refractivity contribution in [3.05, 3.63) is 264 Å². The van der Waals surface area contributed by atoms with Crippen LogP contribution in [-0.2, 0) is 16.2 Å². The first kappa shape index (κ1) is 46.2. The summed E-state index contributed by atoms with van der Waals surface area (Å²) in [5, 5.41) is 2.49. The van der Waals surface area contributed by atoms with Crippen LogP contribution < -0.4 is 4.90 Å². The Kier molecular flexibility index (Phi) is 10.2. The maximum atomic E-state index is 5.45. The van der Waals surface area contributed by atoms with Crippen molar-refractivity contribution in [1.29, 1.82) is 0 Å². The van der Waals surface area contributed by atoms with Gasteiger partial charge in [0, 0.05) is 45.5 Å². The number of rotatable bonds is 8. The minimum atomic E-state index is -0.163. The van der Waals surface area contributed by atoms with Gasteiger partial charge in [-0.15, -0.1) is 0 Å². The van der Waals surface area contributed by atoms with Gasteiger partial charge in [0.15, 0.2) is 0 Å². The lowest BCUT2D eigenvalue weighted by molar-refractivity contribution is 0.349. The van der Waals surface area contributed by atoms with Gasteiger partial charge in [0.1, 0.15) is 0 Å². The number of allylic oxidation sites excluding steroid dienone is 5. The number of nitrogens with zero attached hydrogens (tertiary/aromatic N) is 4. The first-order valence-corrected chi connectivity index (χ1v) is 27.2. The molecule has 4 unspecified atom stereocenters. The van der Waals surface area contributed by atoms with Gasteiger partial charge < -0.3 is 9.47 Å². The van der Waals surface area contributed by atoms with E-state index >= 15 is 0 Å². The number of fused-ring (bicyclic) bond motifs is 13. The maximum absolute atomic E-state index is 5.45. The van der Waals surface area contributed by atoms with Gasteiger partial charge in [0.05, 0.1) is 28.5 Å². The number of para-hydroxylation sites is 1. The van der Waals surface area contributed by atoms with E-state index in [9.17, 15) is 0 Å². The predicted octanol–water partition coefficient (Wildman–Crippen LogP) is 18.4. The number of hydrogen-bond acceptors (Lipinski definition) is 3. The number of anilines is 2. The van der Waals surface area contributed by atoms with Gasteiger partial charge in [-0.25, -0.2) is 9.97 Å². The minimum Gasteiger partial charge on any atom is -0.309 e. The van der Waals surface area contributed by atoms with Gasteiger partial charge in [0.2, 0.25) is 5.95 Å². The zero-order valence-electron chi connectivity index (χ0n) is 44.5. The molecule has 370 valence electrons. The quantitative estimate of drug-likeness (QED) is 0.142. The molecule has 0 fully saturated rings. The van der Waals surface area contributed by atoms with Gasteiger partial charge in [0.25, 0.3) is 0 Å². The molecule has 3 aliphatic carbocycles. The van der Waals surface area contributed by atoms with E-state index in [1.54, 1.807) is 6.08 Å². The Balaban J connectivity index is 0.920. The lowest BCUT2D eigenvalue weighted by atomic mass is 9.72. The van der Waals surface area contributed by atoms with Crippen LogP contribution in [0.5, 0.6) is 0 Å². The smallest absolute Gasteiger partial charge is 0.231 e. The fourth-order valence-electron chi connectivity index (χ4n) is 14.9. The highest BCUT2D eigenvalue weighted by molar-refractivity contribution is 6.11. The summed E-state index contributed by atoms with van der Waals surface area (Å²) in [5.74, 6) is 1.73. The van der Waals surface area contributed by atoms with Crippen LogP contribution in [0.3, 0.4) is 0 Å². The summed E-state index contributed by atoms with van der Waals surface area (Å²) >= 11 is 0. The molecule has 76 heavy (non-hydrogen) atoms. The summed E-state index contributed by atoms with van der Waals surface area (Å²) in [7, 11) is 0. The summed E-state index contributed by atoms with van der Waals surface area (Å²) in [6.45, 7) is 20.8. The molecule has 4 nitrogen and oxygen atoms in total. The summed E-state index contributed by atoms with van der Waals surface area (Å²) < 4.78 is 2.44. The summed E-state index contributed by atoms with van der Waals surface area (Å²) in [4.78, 5) is 13.3. The van der Waals surface area contributed by atoms with Crippen molar-refractivity contribution < 1.29 is 0 Å². The van der Waals surface area contributed by atoms with E-state index in [1.807, 2.05) is 12.2 Å². The number of hydrogen-bond donors (Lipinski definition) is 0. The molecule has 0 amide bonds. The van der Waals surface area contributed by atoms with Crippen molar-refractivity contribution in [3.63, 3.8) is 0 Å². The molecular weight excluding hydrogens is 921 g/mol. The second-order valence-corrected chi connectivity index (χ2v) is 23.6. The monoisotopic (exact) mass is 982 g/mol. The van der Waals surface area contributed by atoms with Crippen LogP contribution in [0.2, 0.25) is 0 Å². The Morgan fingerprint density at radius 2 is 1.00 bits per heavy atom. The van der Waals surface area contributed by atoms with Gasteiger partial charge >= 0.3 is 0 Å². The van der Waals surface area contributed by atoms with E-state index in [2.05, 4.69) is 259 Å². The van der Waals surface area contributed by atoms with Crippen LogP contribution in [0.25, 0.3) is 66.6 Å². The Hall–Kier alpha value is -8.34. The van der Waals surface area contributed by atoms with Crippen LogP contribution in [0.4, 0.5) is 11.6 Å². The van der Waals surface area contributed by atoms with Gasteiger partial charge in [-0.1, -0.05) is 206 Å². The largest absolute Gasteiger partial charge is 0.309 e. The average Bonchev–Trinajstić information content (AvgIpc) is 4.32. The molecule has 0 N–H and O–H groups in total. The van der Waals surface area contributed by atoms with E-state index in [1.165, 1.54) is 83.0 Å². The molecule has 0 spiro atoms. The van der Waals surface area contributed by atoms with E-state index in [4.69, 9.17) is 9.97 Å². The highest BCUT2D eigenvalue weighted by Gasteiger charge is 2.58. The van der Waals surface area contributed by atoms with Crippen molar-refractivity contribution in [2.45, 2.75) is 88.5 Å². The zero-order chi connectivity index (χ0) is 51.8. The van der Waals surface area contributed by atoms with E-state index < -0.39 is 0 Å². The van der Waals surface area contributed by atoms with Crippen LogP contribution in [-0.4, -0.2) is 14.5 Å².